The van der Waals surface area contributed by atoms with Crippen LogP contribution in [0, 0.1) is 13.8 Å². The van der Waals surface area contributed by atoms with Crippen LogP contribution in [-0.2, 0) is 9.53 Å². The third-order valence-electron chi connectivity index (χ3n) is 3.96. The van der Waals surface area contributed by atoms with Gasteiger partial charge in [-0.3, -0.25) is 4.79 Å². The zero-order valence-electron chi connectivity index (χ0n) is 15.0. The fourth-order valence-electron chi connectivity index (χ4n) is 2.65. The molecule has 3 aromatic rings. The van der Waals surface area contributed by atoms with Crippen LogP contribution in [0.4, 0.5) is 0 Å². The number of benzene rings is 2. The Balaban J connectivity index is 2.15. The number of fused-ring (bicyclic) bond motifs is 1. The first-order valence-corrected chi connectivity index (χ1v) is 8.42. The molecule has 0 saturated heterocycles. The Kier molecular flexibility index (Phi) is 5.07. The first kappa shape index (κ1) is 17.7. The first-order valence-electron chi connectivity index (χ1n) is 8.42. The van der Waals surface area contributed by atoms with Crippen molar-refractivity contribution >= 4 is 16.9 Å². The second-order valence-electron chi connectivity index (χ2n) is 6.05. The van der Waals surface area contributed by atoms with E-state index in [0.29, 0.717) is 22.3 Å². The third kappa shape index (κ3) is 3.61. The Labute approximate surface area is 151 Å². The Bertz CT molecular complexity index is 999. The highest BCUT2D eigenvalue weighted by Crippen LogP contribution is 2.31. The van der Waals surface area contributed by atoms with Crippen LogP contribution < -0.4 is 10.2 Å². The van der Waals surface area contributed by atoms with Crippen LogP contribution in [-0.4, -0.2) is 19.2 Å². The monoisotopic (exact) mass is 352 g/mol. The number of hydrogen-bond acceptors (Lipinski definition) is 5. The maximum absolute atomic E-state index is 13.0. The van der Waals surface area contributed by atoms with Gasteiger partial charge in [-0.05, 0) is 32.9 Å². The number of aryl methyl sites for hydroxylation is 2. The van der Waals surface area contributed by atoms with Crippen LogP contribution in [0.3, 0.4) is 0 Å². The predicted molar refractivity (Wildman–Crippen MR) is 99.5 cm³/mol. The maximum Gasteiger partial charge on any atom is 0.344 e. The van der Waals surface area contributed by atoms with Crippen molar-refractivity contribution in [3.63, 3.8) is 0 Å². The molecule has 1 heterocycles. The Morgan fingerprint density at radius 1 is 1.04 bits per heavy atom. The van der Waals surface area contributed by atoms with Gasteiger partial charge in [-0.15, -0.1) is 0 Å². The fraction of sp³-hybridized carbons (Fsp3) is 0.238. The molecule has 0 saturated carbocycles. The molecule has 26 heavy (non-hydrogen) atoms. The van der Waals surface area contributed by atoms with Gasteiger partial charge in [-0.1, -0.05) is 41.5 Å². The Hall–Kier alpha value is -3.08. The van der Waals surface area contributed by atoms with Crippen LogP contribution in [0.15, 0.2) is 51.7 Å². The Morgan fingerprint density at radius 3 is 2.42 bits per heavy atom. The molecule has 0 aliphatic carbocycles. The summed E-state index contributed by atoms with van der Waals surface area (Å²) in [4.78, 5) is 24.6. The van der Waals surface area contributed by atoms with Crippen LogP contribution in [0.2, 0.25) is 0 Å². The minimum Gasteiger partial charge on any atom is -0.474 e. The van der Waals surface area contributed by atoms with E-state index in [9.17, 15) is 9.59 Å². The van der Waals surface area contributed by atoms with Gasteiger partial charge in [0.15, 0.2) is 12.4 Å². The number of esters is 1. The van der Waals surface area contributed by atoms with Gasteiger partial charge in [-0.25, -0.2) is 4.79 Å². The van der Waals surface area contributed by atoms with Gasteiger partial charge < -0.3 is 13.9 Å². The lowest BCUT2D eigenvalue weighted by Gasteiger charge is -2.12. The molecule has 0 spiro atoms. The largest absolute Gasteiger partial charge is 0.474 e. The van der Waals surface area contributed by atoms with Crippen molar-refractivity contribution in [1.82, 2.24) is 0 Å². The average molecular weight is 352 g/mol. The van der Waals surface area contributed by atoms with Crippen molar-refractivity contribution in [2.45, 2.75) is 20.8 Å². The molecule has 0 N–H and O–H groups in total. The van der Waals surface area contributed by atoms with Crippen molar-refractivity contribution in [2.24, 2.45) is 0 Å². The van der Waals surface area contributed by atoms with Gasteiger partial charge >= 0.3 is 5.97 Å². The van der Waals surface area contributed by atoms with Crippen molar-refractivity contribution < 1.29 is 18.7 Å². The van der Waals surface area contributed by atoms with E-state index < -0.39 is 5.97 Å². The summed E-state index contributed by atoms with van der Waals surface area (Å²) in [6.07, 6.45) is 0. The number of rotatable bonds is 5. The topological polar surface area (TPSA) is 65.7 Å². The number of hydrogen-bond donors (Lipinski definition) is 0. The zero-order chi connectivity index (χ0) is 18.7. The molecule has 1 aromatic heterocycles. The molecule has 5 nitrogen and oxygen atoms in total. The SMILES string of the molecule is CCOC(=O)COc1c(-c2ccc(C)cc2)oc2ccc(C)cc2c1=O. The molecule has 0 atom stereocenters. The lowest BCUT2D eigenvalue weighted by molar-refractivity contribution is -0.145. The second-order valence-corrected chi connectivity index (χ2v) is 6.05. The van der Waals surface area contributed by atoms with Gasteiger partial charge in [-0.2, -0.15) is 0 Å². The summed E-state index contributed by atoms with van der Waals surface area (Å²) in [6, 6.07) is 12.9. The van der Waals surface area contributed by atoms with Crippen molar-refractivity contribution in [3.8, 4) is 17.1 Å². The third-order valence-corrected chi connectivity index (χ3v) is 3.96. The van der Waals surface area contributed by atoms with E-state index in [1.54, 1.807) is 19.1 Å². The van der Waals surface area contributed by atoms with Crippen LogP contribution in [0.5, 0.6) is 5.75 Å². The smallest absolute Gasteiger partial charge is 0.344 e. The molecule has 3 rings (SSSR count). The van der Waals surface area contributed by atoms with E-state index >= 15 is 0 Å². The lowest BCUT2D eigenvalue weighted by atomic mass is 10.1. The van der Waals surface area contributed by atoms with Crippen LogP contribution in [0.25, 0.3) is 22.3 Å². The average Bonchev–Trinajstić information content (AvgIpc) is 2.62. The first-order chi connectivity index (χ1) is 12.5. The van der Waals surface area contributed by atoms with Gasteiger partial charge in [0.25, 0.3) is 0 Å². The van der Waals surface area contributed by atoms with E-state index in [4.69, 9.17) is 13.9 Å². The summed E-state index contributed by atoms with van der Waals surface area (Å²) in [5, 5.41) is 0.416. The lowest BCUT2D eigenvalue weighted by Crippen LogP contribution is -2.18. The van der Waals surface area contributed by atoms with Gasteiger partial charge in [0.1, 0.15) is 5.58 Å². The molecular formula is C21H20O5. The van der Waals surface area contributed by atoms with Gasteiger partial charge in [0.2, 0.25) is 11.2 Å². The highest BCUT2D eigenvalue weighted by molar-refractivity contribution is 5.83. The quantitative estimate of drug-likeness (QED) is 0.649. The zero-order valence-corrected chi connectivity index (χ0v) is 15.0. The van der Waals surface area contributed by atoms with E-state index in [-0.39, 0.29) is 24.4 Å². The molecule has 0 radical (unpaired) electrons. The normalized spacial score (nSPS) is 10.7. The molecule has 0 bridgehead atoms. The summed E-state index contributed by atoms with van der Waals surface area (Å²) in [6.45, 7) is 5.48. The minimum atomic E-state index is -0.536. The fourth-order valence-corrected chi connectivity index (χ4v) is 2.65. The molecule has 0 unspecified atom stereocenters. The standard InChI is InChI=1S/C21H20O5/c1-4-24-18(22)12-25-21-19(23)16-11-14(3)7-10-17(16)26-20(21)15-8-5-13(2)6-9-15/h5-11H,4,12H2,1-3H3. The molecule has 134 valence electrons. The predicted octanol–water partition coefficient (Wildman–Crippen LogP) is 4.02. The molecule has 0 fully saturated rings. The summed E-state index contributed by atoms with van der Waals surface area (Å²) in [5.74, 6) is -0.221. The highest BCUT2D eigenvalue weighted by atomic mass is 16.6. The van der Waals surface area contributed by atoms with E-state index in [1.807, 2.05) is 44.2 Å². The van der Waals surface area contributed by atoms with Crippen LogP contribution in [0.1, 0.15) is 18.1 Å². The van der Waals surface area contributed by atoms with E-state index in [1.165, 1.54) is 0 Å². The second kappa shape index (κ2) is 7.44. The van der Waals surface area contributed by atoms with E-state index in [0.717, 1.165) is 11.1 Å². The summed E-state index contributed by atoms with van der Waals surface area (Å²) in [7, 11) is 0. The molecule has 0 aliphatic rings. The summed E-state index contributed by atoms with van der Waals surface area (Å²) >= 11 is 0. The summed E-state index contributed by atoms with van der Waals surface area (Å²) < 4.78 is 16.4. The summed E-state index contributed by atoms with van der Waals surface area (Å²) in [5.41, 5.74) is 2.88. The Morgan fingerprint density at radius 2 is 1.73 bits per heavy atom. The molecule has 2 aromatic carbocycles. The molecule has 5 heteroatoms. The van der Waals surface area contributed by atoms with Crippen molar-refractivity contribution in [2.75, 3.05) is 13.2 Å². The minimum absolute atomic E-state index is 0.0139. The number of carbonyl (C=O) groups excluding carboxylic acids is 1. The highest BCUT2D eigenvalue weighted by Gasteiger charge is 2.19. The van der Waals surface area contributed by atoms with Crippen molar-refractivity contribution in [1.29, 1.82) is 0 Å². The molecular weight excluding hydrogens is 332 g/mol. The molecule has 0 aliphatic heterocycles. The maximum atomic E-state index is 13.0. The van der Waals surface area contributed by atoms with Gasteiger partial charge in [0.05, 0.1) is 12.0 Å². The van der Waals surface area contributed by atoms with Gasteiger partial charge in [0, 0.05) is 5.56 Å². The molecule has 0 amide bonds. The number of carbonyl (C=O) groups is 1. The van der Waals surface area contributed by atoms with E-state index in [2.05, 4.69) is 0 Å². The van der Waals surface area contributed by atoms with Crippen LogP contribution >= 0.6 is 0 Å². The number of ether oxygens (including phenoxy) is 2. The van der Waals surface area contributed by atoms with Crippen molar-refractivity contribution in [3.05, 3.63) is 63.8 Å².